The zero-order valence-corrected chi connectivity index (χ0v) is 21.2. The summed E-state index contributed by atoms with van der Waals surface area (Å²) in [4.78, 5) is 31.9. The van der Waals surface area contributed by atoms with Crippen molar-refractivity contribution >= 4 is 35.1 Å². The summed E-state index contributed by atoms with van der Waals surface area (Å²) in [6, 6.07) is 4.86. The van der Waals surface area contributed by atoms with Gasteiger partial charge in [-0.05, 0) is 71.3 Å². The van der Waals surface area contributed by atoms with Crippen LogP contribution in [-0.4, -0.2) is 40.1 Å². The smallest absolute Gasteiger partial charge is 0.410 e. The molecule has 3 rings (SSSR count). The Hall–Kier alpha value is -2.32. The van der Waals surface area contributed by atoms with E-state index >= 15 is 0 Å². The van der Waals surface area contributed by atoms with Gasteiger partial charge in [0.25, 0.3) is 5.91 Å². The monoisotopic (exact) mass is 479 g/mol. The van der Waals surface area contributed by atoms with Crippen molar-refractivity contribution < 1.29 is 19.1 Å². The normalized spacial score (nSPS) is 14.9. The number of amides is 2. The molecule has 2 heterocycles. The van der Waals surface area contributed by atoms with Gasteiger partial charge in [-0.15, -0.1) is 0 Å². The highest BCUT2D eigenvalue weighted by Gasteiger charge is 2.31. The molecule has 1 aliphatic heterocycles. The molecule has 0 spiro atoms. The summed E-state index contributed by atoms with van der Waals surface area (Å²) in [5.74, 6) is -0.0310. The van der Waals surface area contributed by atoms with Gasteiger partial charge in [0.2, 0.25) is 0 Å². The average Bonchev–Trinajstić information content (AvgIpc) is 3.04. The highest BCUT2D eigenvalue weighted by molar-refractivity contribution is 7.04. The number of fused-ring (bicyclic) bond motifs is 1. The van der Waals surface area contributed by atoms with E-state index < -0.39 is 11.5 Å². The first-order valence-electron chi connectivity index (χ1n) is 10.5. The number of nitrogens with zero attached hydrogens (tertiary/aromatic N) is 3. The first kappa shape index (κ1) is 24.3. The number of aromatic nitrogens is 1. The number of rotatable bonds is 2. The second-order valence-electron chi connectivity index (χ2n) is 9.70. The van der Waals surface area contributed by atoms with E-state index in [1.165, 1.54) is 18.6 Å². The summed E-state index contributed by atoms with van der Waals surface area (Å²) >= 11 is 7.52. The first-order chi connectivity index (χ1) is 14.8. The van der Waals surface area contributed by atoms with Crippen LogP contribution in [0.25, 0.3) is 0 Å². The van der Waals surface area contributed by atoms with Crippen LogP contribution < -0.4 is 9.41 Å². The molecule has 32 heavy (non-hydrogen) atoms. The minimum Gasteiger partial charge on any atom is -0.496 e. The molecule has 0 N–H and O–H groups in total. The number of carbonyl (C=O) groups is 2. The van der Waals surface area contributed by atoms with Crippen LogP contribution in [0.1, 0.15) is 63.2 Å². The number of hydrogen-bond donors (Lipinski definition) is 0. The van der Waals surface area contributed by atoms with E-state index in [9.17, 15) is 9.59 Å². The molecule has 0 atom stereocenters. The van der Waals surface area contributed by atoms with Crippen molar-refractivity contribution in [2.24, 2.45) is 4.99 Å². The summed E-state index contributed by atoms with van der Waals surface area (Å²) in [5.41, 5.74) is 1.49. The number of hydrogen-bond acceptors (Lipinski definition) is 5. The molecule has 2 amide bonds. The van der Waals surface area contributed by atoms with E-state index in [-0.39, 0.29) is 11.6 Å². The van der Waals surface area contributed by atoms with Crippen LogP contribution in [0, 0.1) is 0 Å². The van der Waals surface area contributed by atoms with Crippen molar-refractivity contribution in [3.05, 3.63) is 44.7 Å². The second-order valence-corrected chi connectivity index (χ2v) is 11.1. The Kier molecular flexibility index (Phi) is 6.77. The van der Waals surface area contributed by atoms with Crippen molar-refractivity contribution in [1.29, 1.82) is 0 Å². The minimum absolute atomic E-state index is 0.187. The predicted molar refractivity (Wildman–Crippen MR) is 126 cm³/mol. The summed E-state index contributed by atoms with van der Waals surface area (Å²) in [6.07, 6.45) is 0.289. The standard InChI is InChI=1S/C23H30ClN3O4S/c1-22(2,3)27-17-10-11-26(21(29)31-23(4,5)6)13-16(17)20(32-27)25-19(28)15-12-14(24)8-9-18(15)30-7/h8-9,12H,10-11,13H2,1-7H3. The van der Waals surface area contributed by atoms with Crippen molar-refractivity contribution in [3.63, 3.8) is 0 Å². The Morgan fingerprint density at radius 1 is 1.16 bits per heavy atom. The molecule has 0 unspecified atom stereocenters. The fraction of sp³-hybridized carbons (Fsp3) is 0.522. The van der Waals surface area contributed by atoms with Crippen molar-refractivity contribution in [2.75, 3.05) is 13.7 Å². The van der Waals surface area contributed by atoms with Gasteiger partial charge < -0.3 is 14.4 Å². The van der Waals surface area contributed by atoms with E-state index in [2.05, 4.69) is 29.7 Å². The molecule has 0 aliphatic carbocycles. The lowest BCUT2D eigenvalue weighted by Gasteiger charge is -2.32. The number of methoxy groups -OCH3 is 1. The average molecular weight is 480 g/mol. The van der Waals surface area contributed by atoms with Gasteiger partial charge in [0.05, 0.1) is 19.2 Å². The molecule has 0 radical (unpaired) electrons. The summed E-state index contributed by atoms with van der Waals surface area (Å²) in [5, 5.41) is 0.429. The van der Waals surface area contributed by atoms with E-state index in [0.29, 0.717) is 40.5 Å². The molecular weight excluding hydrogens is 450 g/mol. The van der Waals surface area contributed by atoms with Gasteiger partial charge in [-0.3, -0.25) is 8.75 Å². The fourth-order valence-electron chi connectivity index (χ4n) is 3.48. The Bertz CT molecular complexity index is 1110. The lowest BCUT2D eigenvalue weighted by Crippen LogP contribution is -2.41. The lowest BCUT2D eigenvalue weighted by molar-refractivity contribution is 0.0221. The van der Waals surface area contributed by atoms with Crippen molar-refractivity contribution in [2.45, 2.75) is 65.6 Å². The lowest BCUT2D eigenvalue weighted by atomic mass is 10.0. The Balaban J connectivity index is 2.06. The molecular formula is C23H30ClN3O4S. The summed E-state index contributed by atoms with van der Waals surface area (Å²) in [7, 11) is 1.50. The van der Waals surface area contributed by atoms with Gasteiger partial charge in [-0.25, -0.2) is 4.79 Å². The largest absolute Gasteiger partial charge is 0.496 e. The van der Waals surface area contributed by atoms with Crippen molar-refractivity contribution in [1.82, 2.24) is 8.86 Å². The molecule has 0 bridgehead atoms. The number of ether oxygens (including phenoxy) is 2. The third-order valence-corrected chi connectivity index (χ3v) is 6.55. The Morgan fingerprint density at radius 3 is 2.44 bits per heavy atom. The maximum atomic E-state index is 13.1. The molecule has 1 aromatic carbocycles. The number of carbonyl (C=O) groups excluding carboxylic acids is 2. The van der Waals surface area contributed by atoms with Gasteiger partial charge in [-0.2, -0.15) is 4.99 Å². The van der Waals surface area contributed by atoms with Gasteiger partial charge in [0.1, 0.15) is 16.0 Å². The van der Waals surface area contributed by atoms with Crippen molar-refractivity contribution in [3.8, 4) is 5.75 Å². The molecule has 174 valence electrons. The van der Waals surface area contributed by atoms with E-state index in [1.54, 1.807) is 23.1 Å². The fourth-order valence-corrected chi connectivity index (χ4v) is 4.82. The van der Waals surface area contributed by atoms with Crippen LogP contribution in [0.5, 0.6) is 5.75 Å². The quantitative estimate of drug-likeness (QED) is 0.607. The van der Waals surface area contributed by atoms with Crippen LogP contribution in [0.3, 0.4) is 0 Å². The van der Waals surface area contributed by atoms with Gasteiger partial charge in [0.15, 0.2) is 0 Å². The first-order valence-corrected chi connectivity index (χ1v) is 11.6. The summed E-state index contributed by atoms with van der Waals surface area (Å²) in [6.45, 7) is 12.7. The van der Waals surface area contributed by atoms with Gasteiger partial charge in [-0.1, -0.05) is 11.6 Å². The van der Waals surface area contributed by atoms with E-state index in [1.807, 2.05) is 20.8 Å². The van der Waals surface area contributed by atoms with E-state index in [0.717, 1.165) is 11.3 Å². The van der Waals surface area contributed by atoms with Gasteiger partial charge in [0, 0.05) is 34.8 Å². The van der Waals surface area contributed by atoms with Crippen LogP contribution in [0.15, 0.2) is 23.2 Å². The van der Waals surface area contributed by atoms with Crippen LogP contribution in [-0.2, 0) is 23.2 Å². The Morgan fingerprint density at radius 2 is 1.84 bits per heavy atom. The van der Waals surface area contributed by atoms with E-state index in [4.69, 9.17) is 21.1 Å². The maximum Gasteiger partial charge on any atom is 0.410 e. The number of benzene rings is 1. The number of halogens is 1. The van der Waals surface area contributed by atoms with Crippen LogP contribution in [0.2, 0.25) is 5.02 Å². The zero-order valence-electron chi connectivity index (χ0n) is 19.6. The maximum absolute atomic E-state index is 13.1. The van der Waals surface area contributed by atoms with Gasteiger partial charge >= 0.3 is 6.09 Å². The highest BCUT2D eigenvalue weighted by Crippen LogP contribution is 2.28. The molecule has 9 heteroatoms. The molecule has 0 saturated heterocycles. The molecule has 1 aliphatic rings. The molecule has 2 aromatic rings. The highest BCUT2D eigenvalue weighted by atomic mass is 35.5. The zero-order chi connectivity index (χ0) is 23.8. The SMILES string of the molecule is COc1ccc(Cl)cc1C(=O)N=c1sn(C(C)(C)C)c2c1CN(C(=O)OC(C)(C)C)CC2. The molecule has 0 fully saturated rings. The topological polar surface area (TPSA) is 73.1 Å². The predicted octanol–water partition coefficient (Wildman–Crippen LogP) is 5.00. The molecule has 1 aromatic heterocycles. The van der Waals surface area contributed by atoms with Crippen LogP contribution in [0.4, 0.5) is 4.79 Å². The minimum atomic E-state index is -0.580. The second kappa shape index (κ2) is 8.90. The molecule has 0 saturated carbocycles. The Labute approximate surface area is 197 Å². The third kappa shape index (κ3) is 5.35. The molecule has 7 nitrogen and oxygen atoms in total. The third-order valence-electron chi connectivity index (χ3n) is 4.85. The van der Waals surface area contributed by atoms with Crippen LogP contribution >= 0.6 is 23.1 Å². The summed E-state index contributed by atoms with van der Waals surface area (Å²) < 4.78 is 13.6.